The summed E-state index contributed by atoms with van der Waals surface area (Å²) in [4.78, 5) is 15.7. The third kappa shape index (κ3) is 1.59. The molecule has 18 heavy (non-hydrogen) atoms. The number of nitrogens with zero attached hydrogens (tertiary/aromatic N) is 3. The predicted octanol–water partition coefficient (Wildman–Crippen LogP) is 2.62. The average molecular weight is 237 g/mol. The fraction of sp³-hybridized carbons (Fsp3) is 0.0714. The van der Waals surface area contributed by atoms with E-state index in [9.17, 15) is 4.79 Å². The highest BCUT2D eigenvalue weighted by molar-refractivity contribution is 6.05. The van der Waals surface area contributed by atoms with E-state index in [0.29, 0.717) is 5.69 Å². The average Bonchev–Trinajstić information content (AvgIpc) is 2.79. The number of benzene rings is 1. The number of rotatable bonds is 2. The molecule has 88 valence electrons. The zero-order valence-electron chi connectivity index (χ0n) is 9.87. The maximum atomic E-state index is 11.6. The fourth-order valence-electron chi connectivity index (χ4n) is 2.00. The number of para-hydroxylation sites is 1. The number of ketones is 1. The first-order valence-corrected chi connectivity index (χ1v) is 5.66. The number of carbonyl (C=O) groups is 1. The maximum Gasteiger partial charge on any atom is 0.180 e. The number of carbonyl (C=O) groups excluding carboxylic acids is 1. The lowest BCUT2D eigenvalue weighted by Gasteiger charge is -2.01. The van der Waals surface area contributed by atoms with Crippen LogP contribution >= 0.6 is 0 Å². The van der Waals surface area contributed by atoms with E-state index >= 15 is 0 Å². The topological polar surface area (TPSA) is 47.8 Å². The first-order valence-electron chi connectivity index (χ1n) is 5.66. The number of fused-ring (bicyclic) bond motifs is 1. The van der Waals surface area contributed by atoms with Gasteiger partial charge in [0.25, 0.3) is 0 Å². The molecule has 1 aromatic carbocycles. The van der Waals surface area contributed by atoms with Gasteiger partial charge in [0.15, 0.2) is 5.78 Å². The van der Waals surface area contributed by atoms with Gasteiger partial charge < -0.3 is 0 Å². The van der Waals surface area contributed by atoms with E-state index in [0.717, 1.165) is 16.6 Å². The van der Waals surface area contributed by atoms with Gasteiger partial charge in [-0.05, 0) is 18.2 Å². The van der Waals surface area contributed by atoms with Crippen LogP contribution in [0.5, 0.6) is 0 Å². The second kappa shape index (κ2) is 4.07. The Morgan fingerprint density at radius 2 is 2.00 bits per heavy atom. The predicted molar refractivity (Wildman–Crippen MR) is 68.9 cm³/mol. The molecule has 0 saturated heterocycles. The third-order valence-corrected chi connectivity index (χ3v) is 2.81. The normalized spacial score (nSPS) is 10.7. The number of Topliss-reactive ketones (excluding diaryl/α,β-unsaturated/α-hetero) is 1. The van der Waals surface area contributed by atoms with E-state index in [1.165, 1.54) is 6.92 Å². The maximum absolute atomic E-state index is 11.6. The van der Waals surface area contributed by atoms with E-state index < -0.39 is 0 Å². The van der Waals surface area contributed by atoms with Crippen molar-refractivity contribution in [2.24, 2.45) is 0 Å². The molecule has 2 heterocycles. The Bertz CT molecular complexity index is 716. The summed E-state index contributed by atoms with van der Waals surface area (Å²) in [5.41, 5.74) is 2.26. The van der Waals surface area contributed by atoms with Crippen LogP contribution in [0, 0.1) is 0 Å². The smallest absolute Gasteiger partial charge is 0.180 e. The molecule has 0 spiro atoms. The van der Waals surface area contributed by atoms with Gasteiger partial charge in [0.2, 0.25) is 0 Å². The molecule has 0 aliphatic rings. The summed E-state index contributed by atoms with van der Waals surface area (Å²) in [5, 5.41) is 5.26. The Hall–Kier alpha value is -2.49. The molecule has 4 nitrogen and oxygen atoms in total. The van der Waals surface area contributed by atoms with Crippen molar-refractivity contribution in [2.75, 3.05) is 0 Å². The standard InChI is InChI=1S/C14H11N3O/c1-10(18)14-12-6-2-3-7-13(12)17(16-14)11-5-4-8-15-9-11/h2-9H,1H3. The van der Waals surface area contributed by atoms with E-state index in [4.69, 9.17) is 0 Å². The van der Waals surface area contributed by atoms with Crippen molar-refractivity contribution in [2.45, 2.75) is 6.92 Å². The molecule has 0 radical (unpaired) electrons. The van der Waals surface area contributed by atoms with Gasteiger partial charge in [-0.2, -0.15) is 5.10 Å². The van der Waals surface area contributed by atoms with Crippen LogP contribution in [0.3, 0.4) is 0 Å². The minimum atomic E-state index is -0.0335. The molecule has 0 N–H and O–H groups in total. The van der Waals surface area contributed by atoms with Crippen LogP contribution in [0.2, 0.25) is 0 Å². The molecule has 2 aromatic heterocycles. The largest absolute Gasteiger partial charge is 0.293 e. The molecule has 0 bridgehead atoms. The minimum Gasteiger partial charge on any atom is -0.293 e. The SMILES string of the molecule is CC(=O)c1nn(-c2cccnc2)c2ccccc12. The summed E-state index contributed by atoms with van der Waals surface area (Å²) >= 11 is 0. The molecule has 0 atom stereocenters. The van der Waals surface area contributed by atoms with Gasteiger partial charge in [-0.25, -0.2) is 4.68 Å². The monoisotopic (exact) mass is 237 g/mol. The van der Waals surface area contributed by atoms with E-state index in [2.05, 4.69) is 10.1 Å². The van der Waals surface area contributed by atoms with Gasteiger partial charge in [-0.3, -0.25) is 9.78 Å². The Morgan fingerprint density at radius 3 is 2.72 bits per heavy atom. The van der Waals surface area contributed by atoms with Crippen molar-refractivity contribution < 1.29 is 4.79 Å². The van der Waals surface area contributed by atoms with Crippen LogP contribution in [-0.4, -0.2) is 20.5 Å². The van der Waals surface area contributed by atoms with Gasteiger partial charge in [-0.15, -0.1) is 0 Å². The number of pyridine rings is 1. The summed E-state index contributed by atoms with van der Waals surface area (Å²) in [6.07, 6.45) is 3.43. The summed E-state index contributed by atoms with van der Waals surface area (Å²) < 4.78 is 1.75. The van der Waals surface area contributed by atoms with Gasteiger partial charge in [0.1, 0.15) is 5.69 Å². The van der Waals surface area contributed by atoms with Gasteiger partial charge >= 0.3 is 0 Å². The molecule has 4 heteroatoms. The van der Waals surface area contributed by atoms with Crippen LogP contribution in [0.4, 0.5) is 0 Å². The van der Waals surface area contributed by atoms with Crippen molar-refractivity contribution in [3.05, 3.63) is 54.5 Å². The first-order chi connectivity index (χ1) is 8.77. The quantitative estimate of drug-likeness (QED) is 0.644. The summed E-state index contributed by atoms with van der Waals surface area (Å²) in [7, 11) is 0. The molecule has 0 unspecified atom stereocenters. The Balaban J connectivity index is 2.34. The molecule has 0 saturated carbocycles. The molecule has 0 aliphatic carbocycles. The van der Waals surface area contributed by atoms with Crippen molar-refractivity contribution in [3.63, 3.8) is 0 Å². The minimum absolute atomic E-state index is 0.0335. The molecule has 3 aromatic rings. The van der Waals surface area contributed by atoms with Crippen LogP contribution < -0.4 is 0 Å². The summed E-state index contributed by atoms with van der Waals surface area (Å²) in [6.45, 7) is 1.53. The third-order valence-electron chi connectivity index (χ3n) is 2.81. The zero-order valence-corrected chi connectivity index (χ0v) is 9.87. The van der Waals surface area contributed by atoms with Crippen LogP contribution in [0.1, 0.15) is 17.4 Å². The van der Waals surface area contributed by atoms with Crippen LogP contribution in [-0.2, 0) is 0 Å². The Labute approximate surface area is 104 Å². The van der Waals surface area contributed by atoms with Gasteiger partial charge in [-0.1, -0.05) is 18.2 Å². The second-order valence-electron chi connectivity index (χ2n) is 4.04. The van der Waals surface area contributed by atoms with Crippen molar-refractivity contribution in [1.29, 1.82) is 0 Å². The van der Waals surface area contributed by atoms with Crippen LogP contribution in [0.25, 0.3) is 16.6 Å². The number of hydrogen-bond acceptors (Lipinski definition) is 3. The molecule has 0 aliphatic heterocycles. The van der Waals surface area contributed by atoms with Gasteiger partial charge in [0.05, 0.1) is 17.4 Å². The van der Waals surface area contributed by atoms with Crippen molar-refractivity contribution >= 4 is 16.7 Å². The molecule has 0 fully saturated rings. The highest BCUT2D eigenvalue weighted by Gasteiger charge is 2.14. The lowest BCUT2D eigenvalue weighted by atomic mass is 10.2. The van der Waals surface area contributed by atoms with E-state index in [1.807, 2.05) is 36.4 Å². The van der Waals surface area contributed by atoms with Crippen molar-refractivity contribution in [1.82, 2.24) is 14.8 Å². The highest BCUT2D eigenvalue weighted by Crippen LogP contribution is 2.21. The second-order valence-corrected chi connectivity index (χ2v) is 4.04. The highest BCUT2D eigenvalue weighted by atomic mass is 16.1. The van der Waals surface area contributed by atoms with E-state index in [1.54, 1.807) is 17.1 Å². The summed E-state index contributed by atoms with van der Waals surface area (Å²) in [5.74, 6) is -0.0335. The zero-order chi connectivity index (χ0) is 12.5. The van der Waals surface area contributed by atoms with E-state index in [-0.39, 0.29) is 5.78 Å². The Kier molecular flexibility index (Phi) is 2.41. The molecular weight excluding hydrogens is 226 g/mol. The van der Waals surface area contributed by atoms with Crippen LogP contribution in [0.15, 0.2) is 48.8 Å². The molecular formula is C14H11N3O. The van der Waals surface area contributed by atoms with Crippen molar-refractivity contribution in [3.8, 4) is 5.69 Å². The lowest BCUT2D eigenvalue weighted by Crippen LogP contribution is -1.99. The Morgan fingerprint density at radius 1 is 1.17 bits per heavy atom. The number of aromatic nitrogens is 3. The summed E-state index contributed by atoms with van der Waals surface area (Å²) in [6, 6.07) is 11.5. The molecule has 3 rings (SSSR count). The molecule has 0 amide bonds. The lowest BCUT2D eigenvalue weighted by molar-refractivity contribution is 0.101. The van der Waals surface area contributed by atoms with Gasteiger partial charge in [0, 0.05) is 18.5 Å². The number of hydrogen-bond donors (Lipinski definition) is 0. The first kappa shape index (κ1) is 10.7. The fourth-order valence-corrected chi connectivity index (χ4v) is 2.00.